The van der Waals surface area contributed by atoms with E-state index in [0.29, 0.717) is 16.5 Å². The second-order valence-corrected chi connectivity index (χ2v) is 7.30. The molecule has 2 N–H and O–H groups in total. The first kappa shape index (κ1) is 18.3. The van der Waals surface area contributed by atoms with Crippen LogP contribution in [0.5, 0.6) is 5.75 Å². The lowest BCUT2D eigenvalue weighted by molar-refractivity contribution is -0.118. The molecular formula is C16H17ClN2O4S. The van der Waals surface area contributed by atoms with Gasteiger partial charge in [0, 0.05) is 10.7 Å². The maximum atomic E-state index is 12.0. The minimum Gasteiger partial charge on any atom is -0.484 e. The molecule has 0 spiro atoms. The fourth-order valence-corrected chi connectivity index (χ4v) is 2.77. The van der Waals surface area contributed by atoms with Gasteiger partial charge in [-0.2, -0.15) is 0 Å². The molecular weight excluding hydrogens is 352 g/mol. The predicted molar refractivity (Wildman–Crippen MR) is 93.0 cm³/mol. The van der Waals surface area contributed by atoms with Gasteiger partial charge in [-0.15, -0.1) is 0 Å². The number of amides is 1. The van der Waals surface area contributed by atoms with Crippen LogP contribution in [0.25, 0.3) is 0 Å². The van der Waals surface area contributed by atoms with E-state index in [1.807, 2.05) is 0 Å². The van der Waals surface area contributed by atoms with Crippen molar-refractivity contribution in [1.82, 2.24) is 4.72 Å². The second kappa shape index (κ2) is 7.65. The van der Waals surface area contributed by atoms with Crippen molar-refractivity contribution in [1.29, 1.82) is 0 Å². The topological polar surface area (TPSA) is 84.5 Å². The first-order chi connectivity index (χ1) is 11.3. The van der Waals surface area contributed by atoms with Crippen LogP contribution in [-0.4, -0.2) is 28.0 Å². The van der Waals surface area contributed by atoms with E-state index in [1.54, 1.807) is 37.3 Å². The summed E-state index contributed by atoms with van der Waals surface area (Å²) in [7, 11) is -2.25. The van der Waals surface area contributed by atoms with Crippen molar-refractivity contribution in [2.75, 3.05) is 19.0 Å². The average Bonchev–Trinajstić information content (AvgIpc) is 2.56. The minimum atomic E-state index is -3.58. The number of halogens is 1. The number of nitrogens with one attached hydrogen (secondary N) is 2. The lowest BCUT2D eigenvalue weighted by Crippen LogP contribution is -2.22. The van der Waals surface area contributed by atoms with Gasteiger partial charge in [0.05, 0.1) is 4.90 Å². The van der Waals surface area contributed by atoms with Crippen LogP contribution in [0.1, 0.15) is 5.56 Å². The maximum Gasteiger partial charge on any atom is 0.262 e. The molecule has 0 saturated heterocycles. The molecule has 8 heteroatoms. The Morgan fingerprint density at radius 3 is 2.46 bits per heavy atom. The third kappa shape index (κ3) is 4.70. The van der Waals surface area contributed by atoms with Crippen molar-refractivity contribution < 1.29 is 17.9 Å². The van der Waals surface area contributed by atoms with E-state index in [1.165, 1.54) is 19.2 Å². The monoisotopic (exact) mass is 368 g/mol. The third-order valence-corrected chi connectivity index (χ3v) is 4.91. The number of rotatable bonds is 6. The summed E-state index contributed by atoms with van der Waals surface area (Å²) < 4.78 is 31.2. The quantitative estimate of drug-likeness (QED) is 0.820. The van der Waals surface area contributed by atoms with Gasteiger partial charge in [0.15, 0.2) is 6.61 Å². The Morgan fingerprint density at radius 1 is 1.17 bits per heavy atom. The fraction of sp³-hybridized carbons (Fsp3) is 0.188. The fourth-order valence-electron chi connectivity index (χ4n) is 1.89. The second-order valence-electron chi connectivity index (χ2n) is 4.98. The molecule has 0 aliphatic heterocycles. The average molecular weight is 369 g/mol. The number of aryl methyl sites for hydroxylation is 1. The molecule has 0 heterocycles. The Hall–Kier alpha value is -2.09. The first-order valence-corrected chi connectivity index (χ1v) is 8.90. The summed E-state index contributed by atoms with van der Waals surface area (Å²) in [6.45, 7) is 1.56. The molecule has 0 atom stereocenters. The minimum absolute atomic E-state index is 0.0736. The van der Waals surface area contributed by atoms with E-state index in [-0.39, 0.29) is 11.5 Å². The smallest absolute Gasteiger partial charge is 0.262 e. The molecule has 2 aromatic carbocycles. The summed E-state index contributed by atoms with van der Waals surface area (Å²) in [5.74, 6) is 0.116. The number of ether oxygens (including phenoxy) is 1. The van der Waals surface area contributed by atoms with E-state index in [0.717, 1.165) is 5.56 Å². The predicted octanol–water partition coefficient (Wildman–Crippen LogP) is 2.57. The van der Waals surface area contributed by atoms with Crippen LogP contribution in [0, 0.1) is 6.92 Å². The molecule has 24 heavy (non-hydrogen) atoms. The van der Waals surface area contributed by atoms with E-state index in [4.69, 9.17) is 16.3 Å². The zero-order chi connectivity index (χ0) is 17.7. The zero-order valence-electron chi connectivity index (χ0n) is 13.2. The van der Waals surface area contributed by atoms with Gasteiger partial charge >= 0.3 is 0 Å². The highest BCUT2D eigenvalue weighted by Gasteiger charge is 2.14. The number of anilines is 1. The van der Waals surface area contributed by atoms with E-state index in [2.05, 4.69) is 10.0 Å². The number of hydrogen-bond donors (Lipinski definition) is 2. The van der Waals surface area contributed by atoms with Gasteiger partial charge < -0.3 is 10.1 Å². The van der Waals surface area contributed by atoms with Gasteiger partial charge in [-0.1, -0.05) is 17.7 Å². The maximum absolute atomic E-state index is 12.0. The highest BCUT2D eigenvalue weighted by atomic mass is 35.5. The number of sulfonamides is 1. The molecule has 0 aliphatic carbocycles. The number of hydrogen-bond acceptors (Lipinski definition) is 4. The van der Waals surface area contributed by atoms with Gasteiger partial charge in [0.2, 0.25) is 10.0 Å². The summed E-state index contributed by atoms with van der Waals surface area (Å²) in [4.78, 5) is 12.1. The standard InChI is InChI=1S/C16H17ClN2O4S/c1-11-3-8-14(24(21,22)18-2)9-15(11)19-16(20)10-23-13-6-4-12(17)5-7-13/h3-9,18H,10H2,1-2H3,(H,19,20). The normalized spacial score (nSPS) is 11.1. The molecule has 0 unspecified atom stereocenters. The van der Waals surface area contributed by atoms with E-state index in [9.17, 15) is 13.2 Å². The first-order valence-electron chi connectivity index (χ1n) is 7.04. The number of carbonyl (C=O) groups excluding carboxylic acids is 1. The number of carbonyl (C=O) groups is 1. The van der Waals surface area contributed by atoms with Crippen molar-refractivity contribution in [2.45, 2.75) is 11.8 Å². The van der Waals surface area contributed by atoms with Gasteiger partial charge in [-0.05, 0) is 55.9 Å². The van der Waals surface area contributed by atoms with Crippen molar-refractivity contribution in [3.8, 4) is 5.75 Å². The van der Waals surface area contributed by atoms with Crippen LogP contribution in [0.3, 0.4) is 0 Å². The van der Waals surface area contributed by atoms with Gasteiger partial charge in [-0.25, -0.2) is 13.1 Å². The Kier molecular flexibility index (Phi) is 5.82. The SMILES string of the molecule is CNS(=O)(=O)c1ccc(C)c(NC(=O)COc2ccc(Cl)cc2)c1. The molecule has 6 nitrogen and oxygen atoms in total. The third-order valence-electron chi connectivity index (χ3n) is 3.25. The molecule has 0 fully saturated rings. The Morgan fingerprint density at radius 2 is 1.83 bits per heavy atom. The number of benzene rings is 2. The highest BCUT2D eigenvalue weighted by Crippen LogP contribution is 2.20. The molecule has 0 aromatic heterocycles. The molecule has 0 bridgehead atoms. The molecule has 2 rings (SSSR count). The van der Waals surface area contributed by atoms with Crippen LogP contribution >= 0.6 is 11.6 Å². The molecule has 0 saturated carbocycles. The van der Waals surface area contributed by atoms with Crippen molar-refractivity contribution in [3.63, 3.8) is 0 Å². The van der Waals surface area contributed by atoms with Crippen LogP contribution in [0.4, 0.5) is 5.69 Å². The van der Waals surface area contributed by atoms with Crippen molar-refractivity contribution in [3.05, 3.63) is 53.1 Å². The van der Waals surface area contributed by atoms with E-state index >= 15 is 0 Å². The van der Waals surface area contributed by atoms with Gasteiger partial charge in [0.25, 0.3) is 5.91 Å². The van der Waals surface area contributed by atoms with Crippen molar-refractivity contribution in [2.24, 2.45) is 0 Å². The molecule has 2 aromatic rings. The lowest BCUT2D eigenvalue weighted by atomic mass is 10.2. The molecule has 128 valence electrons. The highest BCUT2D eigenvalue weighted by molar-refractivity contribution is 7.89. The van der Waals surface area contributed by atoms with Crippen LogP contribution < -0.4 is 14.8 Å². The van der Waals surface area contributed by atoms with Crippen LogP contribution in [-0.2, 0) is 14.8 Å². The summed E-state index contributed by atoms with van der Waals surface area (Å²) in [5.41, 5.74) is 1.15. The molecule has 0 aliphatic rings. The zero-order valence-corrected chi connectivity index (χ0v) is 14.7. The van der Waals surface area contributed by atoms with Crippen LogP contribution in [0.15, 0.2) is 47.4 Å². The van der Waals surface area contributed by atoms with Crippen LogP contribution in [0.2, 0.25) is 5.02 Å². The van der Waals surface area contributed by atoms with Crippen molar-refractivity contribution >= 4 is 33.2 Å². The van der Waals surface area contributed by atoms with Gasteiger partial charge in [0.1, 0.15) is 5.75 Å². The summed E-state index contributed by atoms with van der Waals surface area (Å²) >= 11 is 5.77. The largest absolute Gasteiger partial charge is 0.484 e. The van der Waals surface area contributed by atoms with Gasteiger partial charge in [-0.3, -0.25) is 4.79 Å². The summed E-state index contributed by atoms with van der Waals surface area (Å²) in [6, 6.07) is 11.1. The Bertz CT molecular complexity index is 836. The molecule has 0 radical (unpaired) electrons. The summed E-state index contributed by atoms with van der Waals surface area (Å²) in [6.07, 6.45) is 0. The summed E-state index contributed by atoms with van der Waals surface area (Å²) in [5, 5.41) is 3.22. The molecule has 1 amide bonds. The Labute approximate surface area is 145 Å². The van der Waals surface area contributed by atoms with E-state index < -0.39 is 15.9 Å². The lowest BCUT2D eigenvalue weighted by Gasteiger charge is -2.11. The Balaban J connectivity index is 2.05.